The number of hydrogen-bond donors (Lipinski definition) is 0. The van der Waals surface area contributed by atoms with Gasteiger partial charge in [-0.3, -0.25) is 0 Å². The van der Waals surface area contributed by atoms with Gasteiger partial charge >= 0.3 is 0 Å². The Balaban J connectivity index is 0.000000640. The highest BCUT2D eigenvalue weighted by atomic mass is 79.9. The standard InChI is InChI=1S/C6H11NS.BrH/c1-2-3-7-4-5-8-6-7;/h4-5H,2-3,6H2,1H3;1H. The second-order valence-electron chi connectivity index (χ2n) is 1.89. The van der Waals surface area contributed by atoms with E-state index in [2.05, 4.69) is 23.4 Å². The first-order valence-corrected chi connectivity index (χ1v) is 4.00. The molecule has 0 radical (unpaired) electrons. The number of hydrogen-bond acceptors (Lipinski definition) is 2. The van der Waals surface area contributed by atoms with Crippen LogP contribution in [0.4, 0.5) is 0 Å². The first-order valence-electron chi connectivity index (χ1n) is 2.96. The third-order valence-electron chi connectivity index (χ3n) is 1.12. The fraction of sp³-hybridized carbons (Fsp3) is 0.667. The second-order valence-corrected chi connectivity index (χ2v) is 2.76. The molecule has 54 valence electrons. The molecule has 0 saturated carbocycles. The van der Waals surface area contributed by atoms with E-state index in [1.807, 2.05) is 11.8 Å². The maximum absolute atomic E-state index is 2.32. The summed E-state index contributed by atoms with van der Waals surface area (Å²) in [6, 6.07) is 0. The Labute approximate surface area is 71.3 Å². The average Bonchev–Trinajstić information content (AvgIpc) is 2.19. The van der Waals surface area contributed by atoms with Crippen LogP contribution < -0.4 is 0 Å². The van der Waals surface area contributed by atoms with Crippen LogP contribution in [-0.4, -0.2) is 17.3 Å². The molecule has 0 aromatic heterocycles. The lowest BCUT2D eigenvalue weighted by Crippen LogP contribution is -2.13. The van der Waals surface area contributed by atoms with Crippen LogP contribution in [0.2, 0.25) is 0 Å². The molecule has 1 rings (SSSR count). The Bertz CT molecular complexity index is 95.1. The monoisotopic (exact) mass is 209 g/mol. The van der Waals surface area contributed by atoms with Crippen molar-refractivity contribution in [3.63, 3.8) is 0 Å². The van der Waals surface area contributed by atoms with E-state index in [0.29, 0.717) is 0 Å². The summed E-state index contributed by atoms with van der Waals surface area (Å²) < 4.78 is 0. The van der Waals surface area contributed by atoms with Gasteiger partial charge in [0, 0.05) is 12.7 Å². The van der Waals surface area contributed by atoms with Crippen molar-refractivity contribution in [3.8, 4) is 0 Å². The Hall–Kier alpha value is 0.370. The van der Waals surface area contributed by atoms with Crippen LogP contribution >= 0.6 is 28.7 Å². The van der Waals surface area contributed by atoms with Crippen LogP contribution in [-0.2, 0) is 0 Å². The fourth-order valence-electron chi connectivity index (χ4n) is 0.737. The minimum absolute atomic E-state index is 0. The van der Waals surface area contributed by atoms with Gasteiger partial charge in [0.15, 0.2) is 0 Å². The predicted octanol–water partition coefficient (Wildman–Crippen LogP) is 2.45. The van der Waals surface area contributed by atoms with E-state index >= 15 is 0 Å². The molecule has 9 heavy (non-hydrogen) atoms. The average molecular weight is 210 g/mol. The van der Waals surface area contributed by atoms with Crippen LogP contribution in [0.1, 0.15) is 13.3 Å². The van der Waals surface area contributed by atoms with Crippen molar-refractivity contribution in [3.05, 3.63) is 11.6 Å². The molecular formula is C6H12BrNS. The van der Waals surface area contributed by atoms with Crippen molar-refractivity contribution in [1.29, 1.82) is 0 Å². The molecular weight excluding hydrogens is 198 g/mol. The third kappa shape index (κ3) is 3.16. The van der Waals surface area contributed by atoms with E-state index in [9.17, 15) is 0 Å². The first kappa shape index (κ1) is 9.37. The minimum atomic E-state index is 0. The van der Waals surface area contributed by atoms with Crippen LogP contribution in [0.15, 0.2) is 11.6 Å². The number of rotatable bonds is 2. The van der Waals surface area contributed by atoms with Gasteiger partial charge in [0.1, 0.15) is 0 Å². The van der Waals surface area contributed by atoms with Gasteiger partial charge in [-0.1, -0.05) is 6.92 Å². The highest BCUT2D eigenvalue weighted by Gasteiger charge is 2.00. The normalized spacial score (nSPS) is 15.9. The molecule has 0 unspecified atom stereocenters. The molecule has 0 aromatic carbocycles. The van der Waals surface area contributed by atoms with Crippen molar-refractivity contribution in [2.45, 2.75) is 13.3 Å². The summed E-state index contributed by atoms with van der Waals surface area (Å²) in [6.45, 7) is 3.42. The smallest absolute Gasteiger partial charge is 0.0675 e. The Morgan fingerprint density at radius 2 is 2.44 bits per heavy atom. The topological polar surface area (TPSA) is 3.24 Å². The maximum atomic E-state index is 2.32. The highest BCUT2D eigenvalue weighted by Crippen LogP contribution is 2.14. The first-order chi connectivity index (χ1) is 3.93. The largest absolute Gasteiger partial charge is 0.367 e. The lowest BCUT2D eigenvalue weighted by Gasteiger charge is -2.11. The summed E-state index contributed by atoms with van der Waals surface area (Å²) >= 11 is 1.87. The quantitative estimate of drug-likeness (QED) is 0.688. The Morgan fingerprint density at radius 3 is 2.89 bits per heavy atom. The highest BCUT2D eigenvalue weighted by molar-refractivity contribution is 8.93. The van der Waals surface area contributed by atoms with Crippen LogP contribution in [0.3, 0.4) is 0 Å². The maximum Gasteiger partial charge on any atom is 0.0675 e. The number of halogens is 1. The van der Waals surface area contributed by atoms with Gasteiger partial charge < -0.3 is 4.90 Å². The van der Waals surface area contributed by atoms with E-state index in [1.54, 1.807) is 0 Å². The van der Waals surface area contributed by atoms with E-state index in [1.165, 1.54) is 13.0 Å². The van der Waals surface area contributed by atoms with Crippen molar-refractivity contribution < 1.29 is 0 Å². The van der Waals surface area contributed by atoms with Crippen LogP contribution in [0.25, 0.3) is 0 Å². The fourth-order valence-corrected chi connectivity index (χ4v) is 1.49. The molecule has 0 aromatic rings. The second kappa shape index (κ2) is 5.18. The molecule has 0 aliphatic carbocycles. The van der Waals surface area contributed by atoms with Crippen molar-refractivity contribution in [2.24, 2.45) is 0 Å². The number of nitrogens with zero attached hydrogens (tertiary/aromatic N) is 1. The van der Waals surface area contributed by atoms with Crippen LogP contribution in [0, 0.1) is 0 Å². The molecule has 3 heteroatoms. The van der Waals surface area contributed by atoms with Gasteiger partial charge in [0.25, 0.3) is 0 Å². The predicted molar refractivity (Wildman–Crippen MR) is 48.9 cm³/mol. The summed E-state index contributed by atoms with van der Waals surface area (Å²) in [4.78, 5) is 2.32. The third-order valence-corrected chi connectivity index (χ3v) is 1.91. The zero-order valence-corrected chi connectivity index (χ0v) is 8.07. The summed E-state index contributed by atoms with van der Waals surface area (Å²) in [7, 11) is 0. The molecule has 0 saturated heterocycles. The molecule has 0 N–H and O–H groups in total. The molecule has 0 amide bonds. The van der Waals surface area contributed by atoms with Gasteiger partial charge in [-0.05, 0) is 11.8 Å². The summed E-state index contributed by atoms with van der Waals surface area (Å²) in [5, 5.41) is 2.15. The Morgan fingerprint density at radius 1 is 1.67 bits per heavy atom. The van der Waals surface area contributed by atoms with E-state index < -0.39 is 0 Å². The Kier molecular flexibility index (Phi) is 5.39. The van der Waals surface area contributed by atoms with Gasteiger partial charge in [-0.15, -0.1) is 28.7 Å². The molecule has 0 atom stereocenters. The van der Waals surface area contributed by atoms with Gasteiger partial charge in [0.2, 0.25) is 0 Å². The molecule has 0 fully saturated rings. The number of thioether (sulfide) groups is 1. The lowest BCUT2D eigenvalue weighted by molar-refractivity contribution is 0.445. The molecule has 1 aliphatic rings. The lowest BCUT2D eigenvalue weighted by atomic mass is 10.5. The molecule has 1 aliphatic heterocycles. The summed E-state index contributed by atoms with van der Waals surface area (Å²) in [6.07, 6.45) is 3.42. The summed E-state index contributed by atoms with van der Waals surface area (Å²) in [5.41, 5.74) is 0. The van der Waals surface area contributed by atoms with E-state index in [-0.39, 0.29) is 17.0 Å². The zero-order valence-electron chi connectivity index (χ0n) is 5.54. The van der Waals surface area contributed by atoms with E-state index in [0.717, 1.165) is 5.88 Å². The van der Waals surface area contributed by atoms with Crippen molar-refractivity contribution in [2.75, 3.05) is 12.4 Å². The van der Waals surface area contributed by atoms with Gasteiger partial charge in [0.05, 0.1) is 5.88 Å². The SMILES string of the molecule is Br.CCCN1C=CSC1. The molecule has 1 heterocycles. The van der Waals surface area contributed by atoms with E-state index in [4.69, 9.17) is 0 Å². The molecule has 1 nitrogen and oxygen atoms in total. The zero-order chi connectivity index (χ0) is 5.82. The molecule has 0 spiro atoms. The van der Waals surface area contributed by atoms with Crippen molar-refractivity contribution >= 4 is 28.7 Å². The summed E-state index contributed by atoms with van der Waals surface area (Å²) in [5.74, 6) is 1.16. The van der Waals surface area contributed by atoms with Gasteiger partial charge in [-0.2, -0.15) is 0 Å². The van der Waals surface area contributed by atoms with Crippen LogP contribution in [0.5, 0.6) is 0 Å². The van der Waals surface area contributed by atoms with Crippen molar-refractivity contribution in [1.82, 2.24) is 4.90 Å². The minimum Gasteiger partial charge on any atom is -0.367 e. The van der Waals surface area contributed by atoms with Gasteiger partial charge in [-0.25, -0.2) is 0 Å². The molecule has 0 bridgehead atoms.